The van der Waals surface area contributed by atoms with Gasteiger partial charge in [0.15, 0.2) is 0 Å². The number of pyridine rings is 1. The zero-order chi connectivity index (χ0) is 23.4. The molecule has 0 bridgehead atoms. The fourth-order valence-electron chi connectivity index (χ4n) is 4.56. The molecule has 7 nitrogen and oxygen atoms in total. The number of benzene rings is 2. The third kappa shape index (κ3) is 5.37. The molecule has 2 aromatic carbocycles. The lowest BCUT2D eigenvalue weighted by Gasteiger charge is -2.30. The normalized spacial score (nSPS) is 16.2. The number of aryl methyl sites for hydroxylation is 1. The van der Waals surface area contributed by atoms with Crippen molar-refractivity contribution in [3.8, 4) is 5.75 Å². The summed E-state index contributed by atoms with van der Waals surface area (Å²) in [6.45, 7) is 6.99. The SMILES string of the molecule is CCN1CCC[C@@H]1CN(Cc1cc2cc(C)ccc2[nH]c1=O)C(=O)Nc1ccc(OC)cc1. The predicted octanol–water partition coefficient (Wildman–Crippen LogP) is 4.36. The summed E-state index contributed by atoms with van der Waals surface area (Å²) < 4.78 is 5.20. The summed E-state index contributed by atoms with van der Waals surface area (Å²) in [4.78, 5) is 33.3. The zero-order valence-corrected chi connectivity index (χ0v) is 19.6. The molecule has 33 heavy (non-hydrogen) atoms. The average Bonchev–Trinajstić information content (AvgIpc) is 3.27. The minimum atomic E-state index is -0.216. The van der Waals surface area contributed by atoms with Crippen LogP contribution in [0.5, 0.6) is 5.75 Å². The number of H-pyrrole nitrogens is 1. The van der Waals surface area contributed by atoms with E-state index in [1.165, 1.54) is 0 Å². The highest BCUT2D eigenvalue weighted by atomic mass is 16.5. The Balaban J connectivity index is 1.60. The number of aromatic nitrogens is 1. The number of anilines is 1. The summed E-state index contributed by atoms with van der Waals surface area (Å²) in [5.74, 6) is 0.729. The molecule has 2 N–H and O–H groups in total. The van der Waals surface area contributed by atoms with Gasteiger partial charge in [-0.15, -0.1) is 0 Å². The van der Waals surface area contributed by atoms with Crippen LogP contribution in [0, 0.1) is 6.92 Å². The number of carbonyl (C=O) groups excluding carboxylic acids is 1. The van der Waals surface area contributed by atoms with Crippen LogP contribution in [0.3, 0.4) is 0 Å². The maximum Gasteiger partial charge on any atom is 0.322 e. The van der Waals surface area contributed by atoms with E-state index in [2.05, 4.69) is 22.1 Å². The van der Waals surface area contributed by atoms with Crippen molar-refractivity contribution in [2.45, 2.75) is 39.3 Å². The van der Waals surface area contributed by atoms with Crippen LogP contribution in [-0.2, 0) is 6.54 Å². The van der Waals surface area contributed by atoms with Crippen LogP contribution in [0.15, 0.2) is 53.3 Å². The van der Waals surface area contributed by atoms with Gasteiger partial charge in [-0.05, 0) is 80.7 Å². The molecular weight excluding hydrogens is 416 g/mol. The second-order valence-electron chi connectivity index (χ2n) is 8.68. The molecule has 1 aliphatic heterocycles. The highest BCUT2D eigenvalue weighted by Crippen LogP contribution is 2.21. The summed E-state index contributed by atoms with van der Waals surface area (Å²) in [6, 6.07) is 15.2. The van der Waals surface area contributed by atoms with Crippen molar-refractivity contribution in [1.82, 2.24) is 14.8 Å². The van der Waals surface area contributed by atoms with Crippen molar-refractivity contribution in [1.29, 1.82) is 0 Å². The van der Waals surface area contributed by atoms with E-state index >= 15 is 0 Å². The standard InChI is InChI=1S/C26H32N4O3/c1-4-29-13-5-6-22(29)17-30(26(32)27-21-8-10-23(33-3)11-9-21)16-20-15-19-14-18(2)7-12-24(19)28-25(20)31/h7-12,14-15,22H,4-6,13,16-17H2,1-3H3,(H,27,32)(H,28,31)/t22-/m1/s1. The Morgan fingerprint density at radius 3 is 2.73 bits per heavy atom. The van der Waals surface area contributed by atoms with E-state index in [1.807, 2.05) is 55.5 Å². The number of likely N-dealkylation sites (N-methyl/N-ethyl adjacent to an activating group) is 1. The van der Waals surface area contributed by atoms with E-state index in [1.54, 1.807) is 12.0 Å². The topological polar surface area (TPSA) is 77.7 Å². The Morgan fingerprint density at radius 1 is 1.21 bits per heavy atom. The first-order valence-corrected chi connectivity index (χ1v) is 11.5. The number of ether oxygens (including phenoxy) is 1. The number of nitrogens with one attached hydrogen (secondary N) is 2. The molecule has 174 valence electrons. The lowest BCUT2D eigenvalue weighted by Crippen LogP contribution is -2.45. The molecule has 7 heteroatoms. The molecule has 1 saturated heterocycles. The number of fused-ring (bicyclic) bond motifs is 1. The van der Waals surface area contributed by atoms with Crippen molar-refractivity contribution < 1.29 is 9.53 Å². The molecule has 2 amide bonds. The van der Waals surface area contributed by atoms with Gasteiger partial charge in [-0.3, -0.25) is 9.69 Å². The van der Waals surface area contributed by atoms with Gasteiger partial charge < -0.3 is 19.9 Å². The maximum absolute atomic E-state index is 13.3. The van der Waals surface area contributed by atoms with Gasteiger partial charge in [-0.25, -0.2) is 4.79 Å². The zero-order valence-electron chi connectivity index (χ0n) is 19.6. The van der Waals surface area contributed by atoms with Crippen molar-refractivity contribution >= 4 is 22.6 Å². The van der Waals surface area contributed by atoms with Crippen molar-refractivity contribution in [2.24, 2.45) is 0 Å². The van der Waals surface area contributed by atoms with Gasteiger partial charge in [0, 0.05) is 29.4 Å². The fraction of sp³-hybridized carbons (Fsp3) is 0.385. The Labute approximate surface area is 194 Å². The largest absolute Gasteiger partial charge is 0.497 e. The smallest absolute Gasteiger partial charge is 0.322 e. The molecule has 4 rings (SSSR count). The van der Waals surface area contributed by atoms with Crippen LogP contribution < -0.4 is 15.6 Å². The fourth-order valence-corrected chi connectivity index (χ4v) is 4.56. The Kier molecular flexibility index (Phi) is 6.99. The lowest BCUT2D eigenvalue weighted by molar-refractivity contribution is 0.174. The number of amides is 2. The molecule has 3 aromatic rings. The Hall–Kier alpha value is -3.32. The maximum atomic E-state index is 13.3. The molecule has 1 aromatic heterocycles. The van der Waals surface area contributed by atoms with Gasteiger partial charge in [0.2, 0.25) is 0 Å². The van der Waals surface area contributed by atoms with Gasteiger partial charge in [0.25, 0.3) is 5.56 Å². The quantitative estimate of drug-likeness (QED) is 0.563. The number of rotatable bonds is 7. The van der Waals surface area contributed by atoms with E-state index in [0.29, 0.717) is 23.8 Å². The molecule has 1 atom stereocenters. The molecule has 0 spiro atoms. The highest BCUT2D eigenvalue weighted by molar-refractivity contribution is 5.89. The minimum Gasteiger partial charge on any atom is -0.497 e. The second-order valence-corrected chi connectivity index (χ2v) is 8.68. The van der Waals surface area contributed by atoms with Crippen molar-refractivity contribution in [3.63, 3.8) is 0 Å². The second kappa shape index (κ2) is 10.1. The highest BCUT2D eigenvalue weighted by Gasteiger charge is 2.28. The van der Waals surface area contributed by atoms with E-state index in [-0.39, 0.29) is 18.1 Å². The number of nitrogens with zero attached hydrogens (tertiary/aromatic N) is 2. The summed E-state index contributed by atoms with van der Waals surface area (Å²) in [5.41, 5.74) is 3.04. The number of hydrogen-bond donors (Lipinski definition) is 2. The Morgan fingerprint density at radius 2 is 2.00 bits per heavy atom. The molecular formula is C26H32N4O3. The lowest BCUT2D eigenvalue weighted by atomic mass is 10.1. The van der Waals surface area contributed by atoms with E-state index in [9.17, 15) is 9.59 Å². The van der Waals surface area contributed by atoms with E-state index in [4.69, 9.17) is 4.74 Å². The monoisotopic (exact) mass is 448 g/mol. The van der Waals surface area contributed by atoms with Crippen molar-refractivity contribution in [2.75, 3.05) is 32.1 Å². The average molecular weight is 449 g/mol. The first-order valence-electron chi connectivity index (χ1n) is 11.5. The number of hydrogen-bond acceptors (Lipinski definition) is 4. The van der Waals surface area contributed by atoms with Crippen LogP contribution in [0.1, 0.15) is 30.9 Å². The van der Waals surface area contributed by atoms with E-state index < -0.39 is 0 Å². The summed E-state index contributed by atoms with van der Waals surface area (Å²) in [6.07, 6.45) is 2.18. The first kappa shape index (κ1) is 22.9. The van der Waals surface area contributed by atoms with Gasteiger partial charge in [0.1, 0.15) is 5.75 Å². The van der Waals surface area contributed by atoms with Gasteiger partial charge >= 0.3 is 6.03 Å². The van der Waals surface area contributed by atoms with Crippen LogP contribution >= 0.6 is 0 Å². The van der Waals surface area contributed by atoms with Gasteiger partial charge in [0.05, 0.1) is 13.7 Å². The molecule has 1 aliphatic rings. The molecule has 2 heterocycles. The summed E-state index contributed by atoms with van der Waals surface area (Å²) in [5, 5.41) is 3.96. The number of aromatic amines is 1. The molecule has 1 fully saturated rings. The number of carbonyl (C=O) groups is 1. The number of methoxy groups -OCH3 is 1. The third-order valence-corrected chi connectivity index (χ3v) is 6.40. The van der Waals surface area contributed by atoms with Gasteiger partial charge in [-0.2, -0.15) is 0 Å². The minimum absolute atomic E-state index is 0.160. The summed E-state index contributed by atoms with van der Waals surface area (Å²) in [7, 11) is 1.61. The Bertz CT molecular complexity index is 1170. The van der Waals surface area contributed by atoms with Crippen LogP contribution in [0.25, 0.3) is 10.9 Å². The molecule has 0 saturated carbocycles. The van der Waals surface area contributed by atoms with Crippen LogP contribution in [0.4, 0.5) is 10.5 Å². The molecule has 0 aliphatic carbocycles. The first-order chi connectivity index (χ1) is 16.0. The van der Waals surface area contributed by atoms with Crippen molar-refractivity contribution in [3.05, 3.63) is 70.0 Å². The molecule has 0 unspecified atom stereocenters. The predicted molar refractivity (Wildman–Crippen MR) is 132 cm³/mol. The van der Waals surface area contributed by atoms with E-state index in [0.717, 1.165) is 48.1 Å². The number of urea groups is 1. The van der Waals surface area contributed by atoms with Gasteiger partial charge in [-0.1, -0.05) is 18.6 Å². The number of likely N-dealkylation sites (tertiary alicyclic amines) is 1. The van der Waals surface area contributed by atoms with Crippen LogP contribution in [-0.4, -0.2) is 53.6 Å². The summed E-state index contributed by atoms with van der Waals surface area (Å²) >= 11 is 0. The van der Waals surface area contributed by atoms with Crippen LogP contribution in [0.2, 0.25) is 0 Å². The third-order valence-electron chi connectivity index (χ3n) is 6.40. The molecule has 0 radical (unpaired) electrons.